The van der Waals surface area contributed by atoms with E-state index in [0.29, 0.717) is 5.56 Å². The highest BCUT2D eigenvalue weighted by atomic mass is 32.2. The van der Waals surface area contributed by atoms with Crippen LogP contribution in [0.15, 0.2) is 23.1 Å². The minimum atomic E-state index is -3.90. The van der Waals surface area contributed by atoms with Gasteiger partial charge < -0.3 is 5.11 Å². The molecule has 100 valence electrons. The molecular weight excluding hydrogens is 261 g/mol. The number of benzene rings is 1. The number of rotatable bonds is 5. The van der Waals surface area contributed by atoms with E-state index in [4.69, 9.17) is 5.11 Å². The van der Waals surface area contributed by atoms with Crippen molar-refractivity contribution in [2.45, 2.75) is 18.7 Å². The Bertz CT molecular complexity index is 556. The molecule has 0 fully saturated rings. The molecular formula is C11H14FNO4S. The van der Waals surface area contributed by atoms with Gasteiger partial charge in [-0.05, 0) is 24.6 Å². The maximum Gasteiger partial charge on any atom is 0.307 e. The fraction of sp³-hybridized carbons (Fsp3) is 0.364. The van der Waals surface area contributed by atoms with Crippen LogP contribution in [0.5, 0.6) is 0 Å². The Kier molecular flexibility index (Phi) is 4.42. The van der Waals surface area contributed by atoms with Gasteiger partial charge >= 0.3 is 5.97 Å². The second kappa shape index (κ2) is 5.45. The first kappa shape index (κ1) is 14.6. The van der Waals surface area contributed by atoms with Gasteiger partial charge in [0, 0.05) is 6.54 Å². The lowest BCUT2D eigenvalue weighted by Crippen LogP contribution is -2.32. The van der Waals surface area contributed by atoms with Crippen molar-refractivity contribution in [2.24, 2.45) is 5.92 Å². The van der Waals surface area contributed by atoms with E-state index in [-0.39, 0.29) is 11.4 Å². The lowest BCUT2D eigenvalue weighted by Gasteiger charge is -2.11. The van der Waals surface area contributed by atoms with E-state index in [1.165, 1.54) is 19.9 Å². The summed E-state index contributed by atoms with van der Waals surface area (Å²) in [6.45, 7) is 2.67. The van der Waals surface area contributed by atoms with Gasteiger partial charge in [0.05, 0.1) is 10.8 Å². The van der Waals surface area contributed by atoms with Crippen LogP contribution in [-0.4, -0.2) is 26.0 Å². The zero-order valence-electron chi connectivity index (χ0n) is 9.97. The standard InChI is InChI=1S/C11H14FNO4S/c1-7-3-4-9(12)5-10(7)18(16,17)13-6-8(2)11(14)15/h3-5,8,13H,6H2,1-2H3,(H,14,15). The molecule has 0 spiro atoms. The molecule has 0 aliphatic carbocycles. The number of aliphatic carboxylic acids is 1. The van der Waals surface area contributed by atoms with Gasteiger partial charge in [0.25, 0.3) is 0 Å². The van der Waals surface area contributed by atoms with Crippen LogP contribution in [-0.2, 0) is 14.8 Å². The summed E-state index contributed by atoms with van der Waals surface area (Å²) in [5.74, 6) is -2.62. The molecule has 0 bridgehead atoms. The van der Waals surface area contributed by atoms with Gasteiger partial charge in [0.15, 0.2) is 0 Å². The topological polar surface area (TPSA) is 83.5 Å². The Labute approximate surface area is 105 Å². The first-order valence-electron chi connectivity index (χ1n) is 5.22. The lowest BCUT2D eigenvalue weighted by molar-refractivity contribution is -0.140. The van der Waals surface area contributed by atoms with Crippen molar-refractivity contribution in [3.05, 3.63) is 29.6 Å². The first-order chi connectivity index (χ1) is 8.24. The average molecular weight is 275 g/mol. The maximum atomic E-state index is 13.0. The number of carboxylic acid groups (broad SMARTS) is 1. The third-order valence-electron chi connectivity index (χ3n) is 2.44. The fourth-order valence-electron chi connectivity index (χ4n) is 1.26. The number of hydrogen-bond acceptors (Lipinski definition) is 3. The zero-order chi connectivity index (χ0) is 13.9. The largest absolute Gasteiger partial charge is 0.481 e. The Morgan fingerprint density at radius 3 is 2.67 bits per heavy atom. The summed E-state index contributed by atoms with van der Waals surface area (Å²) in [5, 5.41) is 8.65. The van der Waals surface area contributed by atoms with Crippen molar-refractivity contribution in [1.82, 2.24) is 4.72 Å². The third-order valence-corrected chi connectivity index (χ3v) is 4.01. The molecule has 5 nitrogen and oxygen atoms in total. The van der Waals surface area contributed by atoms with E-state index in [1.54, 1.807) is 0 Å². The predicted molar refractivity (Wildman–Crippen MR) is 63.1 cm³/mol. The second-order valence-corrected chi connectivity index (χ2v) is 5.74. The number of halogens is 1. The highest BCUT2D eigenvalue weighted by Gasteiger charge is 2.20. The smallest absolute Gasteiger partial charge is 0.307 e. The van der Waals surface area contributed by atoms with Crippen molar-refractivity contribution in [3.8, 4) is 0 Å². The van der Waals surface area contributed by atoms with Crippen LogP contribution in [0, 0.1) is 18.7 Å². The molecule has 0 amide bonds. The summed E-state index contributed by atoms with van der Waals surface area (Å²) >= 11 is 0. The van der Waals surface area contributed by atoms with E-state index >= 15 is 0 Å². The highest BCUT2D eigenvalue weighted by Crippen LogP contribution is 2.16. The van der Waals surface area contributed by atoms with Gasteiger partial charge in [-0.3, -0.25) is 4.79 Å². The number of hydrogen-bond donors (Lipinski definition) is 2. The maximum absolute atomic E-state index is 13.0. The van der Waals surface area contributed by atoms with Crippen LogP contribution in [0.25, 0.3) is 0 Å². The molecule has 7 heteroatoms. The van der Waals surface area contributed by atoms with Crippen LogP contribution < -0.4 is 4.72 Å². The molecule has 18 heavy (non-hydrogen) atoms. The summed E-state index contributed by atoms with van der Waals surface area (Å²) in [6.07, 6.45) is 0. The van der Waals surface area contributed by atoms with E-state index in [0.717, 1.165) is 12.1 Å². The van der Waals surface area contributed by atoms with Gasteiger partial charge in [-0.25, -0.2) is 17.5 Å². The summed E-state index contributed by atoms with van der Waals surface area (Å²) in [6, 6.07) is 3.42. The number of carboxylic acids is 1. The van der Waals surface area contributed by atoms with Crippen molar-refractivity contribution in [2.75, 3.05) is 6.54 Å². The first-order valence-corrected chi connectivity index (χ1v) is 6.71. The summed E-state index contributed by atoms with van der Waals surface area (Å²) in [7, 11) is -3.90. The summed E-state index contributed by atoms with van der Waals surface area (Å²) < 4.78 is 38.9. The highest BCUT2D eigenvalue weighted by molar-refractivity contribution is 7.89. The Hall–Kier alpha value is -1.47. The minimum Gasteiger partial charge on any atom is -0.481 e. The second-order valence-electron chi connectivity index (χ2n) is 4.00. The van der Waals surface area contributed by atoms with E-state index in [9.17, 15) is 17.6 Å². The van der Waals surface area contributed by atoms with Crippen LogP contribution in [0.3, 0.4) is 0 Å². The molecule has 2 N–H and O–H groups in total. The molecule has 1 unspecified atom stereocenters. The average Bonchev–Trinajstić information content (AvgIpc) is 2.29. The number of aryl methyl sites for hydroxylation is 1. The van der Waals surface area contributed by atoms with Crippen molar-refractivity contribution in [1.29, 1.82) is 0 Å². The number of carbonyl (C=O) groups is 1. The van der Waals surface area contributed by atoms with Crippen LogP contribution in [0.4, 0.5) is 4.39 Å². The number of nitrogens with one attached hydrogen (secondary N) is 1. The van der Waals surface area contributed by atoms with Gasteiger partial charge in [0.1, 0.15) is 5.82 Å². The molecule has 1 atom stereocenters. The normalized spacial score (nSPS) is 13.3. The Morgan fingerprint density at radius 2 is 2.11 bits per heavy atom. The molecule has 1 rings (SSSR count). The van der Waals surface area contributed by atoms with Crippen molar-refractivity contribution >= 4 is 16.0 Å². The van der Waals surface area contributed by atoms with E-state index < -0.39 is 27.7 Å². The summed E-state index contributed by atoms with van der Waals surface area (Å²) in [4.78, 5) is 10.4. The molecule has 0 saturated carbocycles. The Morgan fingerprint density at radius 1 is 1.50 bits per heavy atom. The quantitative estimate of drug-likeness (QED) is 0.844. The minimum absolute atomic E-state index is 0.180. The molecule has 1 aromatic carbocycles. The van der Waals surface area contributed by atoms with Gasteiger partial charge in [0.2, 0.25) is 10.0 Å². The molecule has 0 saturated heterocycles. The molecule has 0 aliphatic heterocycles. The molecule has 0 aromatic heterocycles. The van der Waals surface area contributed by atoms with Gasteiger partial charge in [-0.15, -0.1) is 0 Å². The van der Waals surface area contributed by atoms with Crippen LogP contribution in [0.1, 0.15) is 12.5 Å². The van der Waals surface area contributed by atoms with Gasteiger partial charge in [-0.2, -0.15) is 0 Å². The fourth-order valence-corrected chi connectivity index (χ4v) is 2.65. The zero-order valence-corrected chi connectivity index (χ0v) is 10.8. The summed E-state index contributed by atoms with van der Waals surface area (Å²) in [5.41, 5.74) is 0.395. The third kappa shape index (κ3) is 3.51. The SMILES string of the molecule is Cc1ccc(F)cc1S(=O)(=O)NCC(C)C(=O)O. The van der Waals surface area contributed by atoms with Crippen LogP contribution >= 0.6 is 0 Å². The van der Waals surface area contributed by atoms with E-state index in [1.807, 2.05) is 0 Å². The Balaban J connectivity index is 2.93. The van der Waals surface area contributed by atoms with E-state index in [2.05, 4.69) is 4.72 Å². The van der Waals surface area contributed by atoms with Crippen molar-refractivity contribution in [3.63, 3.8) is 0 Å². The number of sulfonamides is 1. The van der Waals surface area contributed by atoms with Gasteiger partial charge in [-0.1, -0.05) is 13.0 Å². The van der Waals surface area contributed by atoms with Crippen LogP contribution in [0.2, 0.25) is 0 Å². The lowest BCUT2D eigenvalue weighted by atomic mass is 10.2. The molecule has 0 heterocycles. The molecule has 0 radical (unpaired) electrons. The predicted octanol–water partition coefficient (Wildman–Crippen LogP) is 1.13. The molecule has 0 aliphatic rings. The van der Waals surface area contributed by atoms with Crippen molar-refractivity contribution < 1.29 is 22.7 Å². The molecule has 1 aromatic rings. The monoisotopic (exact) mass is 275 g/mol.